The molecule has 1 unspecified atom stereocenters. The molecule has 0 amide bonds. The first kappa shape index (κ1) is 19.7. The molecule has 0 radical (unpaired) electrons. The van der Waals surface area contributed by atoms with E-state index < -0.39 is 0 Å². The minimum atomic E-state index is 0.481. The predicted molar refractivity (Wildman–Crippen MR) is 121 cm³/mol. The second kappa shape index (κ2) is 8.80. The first-order valence-electron chi connectivity index (χ1n) is 11.7. The molecule has 0 N–H and O–H groups in total. The van der Waals surface area contributed by atoms with E-state index in [0.717, 1.165) is 12.8 Å². The van der Waals surface area contributed by atoms with E-state index in [-0.39, 0.29) is 0 Å². The molecule has 1 heteroatoms. The van der Waals surface area contributed by atoms with Gasteiger partial charge in [0.15, 0.2) is 0 Å². The van der Waals surface area contributed by atoms with Gasteiger partial charge in [0.25, 0.3) is 0 Å². The quantitative estimate of drug-likeness (QED) is 0.449. The summed E-state index contributed by atoms with van der Waals surface area (Å²) in [5, 5.41) is 0. The molecule has 1 spiro atoms. The summed E-state index contributed by atoms with van der Waals surface area (Å²) in [7, 11) is 0. The zero-order chi connectivity index (χ0) is 19.4. The number of allylic oxidation sites excluding steroid dienone is 3. The Morgan fingerprint density at radius 2 is 1.93 bits per heavy atom. The fourth-order valence-electron chi connectivity index (χ4n) is 5.93. The van der Waals surface area contributed by atoms with Crippen LogP contribution < -0.4 is 0 Å². The molecule has 4 rings (SSSR count). The van der Waals surface area contributed by atoms with Crippen LogP contribution in [-0.4, -0.2) is 5.71 Å². The Balaban J connectivity index is 1.39. The summed E-state index contributed by atoms with van der Waals surface area (Å²) in [5.74, 6) is 0.481. The Bertz CT molecular complexity index is 773. The van der Waals surface area contributed by atoms with E-state index >= 15 is 0 Å². The summed E-state index contributed by atoms with van der Waals surface area (Å²) in [6, 6.07) is 7.20. The van der Waals surface area contributed by atoms with Crippen LogP contribution >= 0.6 is 0 Å². The van der Waals surface area contributed by atoms with Gasteiger partial charge >= 0.3 is 0 Å². The number of benzene rings is 1. The average Bonchev–Trinajstić information content (AvgIpc) is 3.23. The Morgan fingerprint density at radius 1 is 1.07 bits per heavy atom. The van der Waals surface area contributed by atoms with Crippen molar-refractivity contribution in [2.75, 3.05) is 0 Å². The maximum Gasteiger partial charge on any atom is 0.0291 e. The van der Waals surface area contributed by atoms with Crippen molar-refractivity contribution in [2.45, 2.75) is 96.8 Å². The van der Waals surface area contributed by atoms with Crippen molar-refractivity contribution in [1.82, 2.24) is 0 Å². The Labute approximate surface area is 172 Å². The Morgan fingerprint density at radius 3 is 2.64 bits per heavy atom. The van der Waals surface area contributed by atoms with Gasteiger partial charge in [-0.3, -0.25) is 4.99 Å². The van der Waals surface area contributed by atoms with E-state index in [4.69, 9.17) is 0 Å². The first-order valence-corrected chi connectivity index (χ1v) is 11.7. The second-order valence-electron chi connectivity index (χ2n) is 9.49. The van der Waals surface area contributed by atoms with Gasteiger partial charge in [-0.2, -0.15) is 0 Å². The SMILES string of the molecule is CCC(C1=NC=CC1)c1ccc(CCC2=CCCC3(CCCCC3)C2)c(C)c1. The maximum atomic E-state index is 4.60. The van der Waals surface area contributed by atoms with E-state index in [9.17, 15) is 0 Å². The normalized spacial score (nSPS) is 22.2. The van der Waals surface area contributed by atoms with Crippen LogP contribution in [0.3, 0.4) is 0 Å². The van der Waals surface area contributed by atoms with Crippen LogP contribution in [0, 0.1) is 12.3 Å². The van der Waals surface area contributed by atoms with Crippen LogP contribution in [-0.2, 0) is 6.42 Å². The largest absolute Gasteiger partial charge is 0.265 e. The Kier molecular flexibility index (Phi) is 6.19. The average molecular weight is 376 g/mol. The number of aryl methyl sites for hydroxylation is 2. The second-order valence-corrected chi connectivity index (χ2v) is 9.49. The van der Waals surface area contributed by atoms with E-state index in [1.54, 1.807) is 5.57 Å². The van der Waals surface area contributed by atoms with Crippen molar-refractivity contribution >= 4 is 5.71 Å². The number of hydrogen-bond donors (Lipinski definition) is 0. The van der Waals surface area contributed by atoms with Crippen molar-refractivity contribution in [3.63, 3.8) is 0 Å². The lowest BCUT2D eigenvalue weighted by molar-refractivity contribution is 0.163. The number of nitrogens with zero attached hydrogens (tertiary/aromatic N) is 1. The molecule has 3 aliphatic rings. The summed E-state index contributed by atoms with van der Waals surface area (Å²) >= 11 is 0. The van der Waals surface area contributed by atoms with Crippen LogP contribution in [0.15, 0.2) is 47.1 Å². The highest BCUT2D eigenvalue weighted by atomic mass is 14.7. The fourth-order valence-corrected chi connectivity index (χ4v) is 5.93. The lowest BCUT2D eigenvalue weighted by Crippen LogP contribution is -2.27. The summed E-state index contributed by atoms with van der Waals surface area (Å²) in [6.45, 7) is 4.59. The number of aliphatic imine (C=N–C) groups is 1. The highest BCUT2D eigenvalue weighted by molar-refractivity contribution is 5.94. The first-order chi connectivity index (χ1) is 13.7. The smallest absolute Gasteiger partial charge is 0.0291 e. The lowest BCUT2D eigenvalue weighted by atomic mass is 9.65. The van der Waals surface area contributed by atoms with E-state index in [1.165, 1.54) is 86.6 Å². The van der Waals surface area contributed by atoms with Crippen LogP contribution in [0.4, 0.5) is 0 Å². The zero-order valence-electron chi connectivity index (χ0n) is 18.0. The monoisotopic (exact) mass is 375 g/mol. The molecule has 0 bridgehead atoms. The van der Waals surface area contributed by atoms with Crippen molar-refractivity contribution in [3.05, 3.63) is 58.8 Å². The van der Waals surface area contributed by atoms with Gasteiger partial charge in [0.2, 0.25) is 0 Å². The third-order valence-electron chi connectivity index (χ3n) is 7.59. The molecule has 1 aromatic rings. The minimum Gasteiger partial charge on any atom is -0.265 e. The predicted octanol–water partition coefficient (Wildman–Crippen LogP) is 7.84. The van der Waals surface area contributed by atoms with Crippen LogP contribution in [0.1, 0.15) is 100 Å². The summed E-state index contributed by atoms with van der Waals surface area (Å²) in [5.41, 5.74) is 8.20. The van der Waals surface area contributed by atoms with Gasteiger partial charge in [-0.25, -0.2) is 0 Å². The van der Waals surface area contributed by atoms with Gasteiger partial charge in [-0.05, 0) is 80.4 Å². The summed E-state index contributed by atoms with van der Waals surface area (Å²) in [6.07, 6.45) is 22.8. The number of hydrogen-bond acceptors (Lipinski definition) is 1. The molecule has 1 nitrogen and oxygen atoms in total. The molecular weight excluding hydrogens is 338 g/mol. The molecule has 0 saturated heterocycles. The Hall–Kier alpha value is -1.63. The molecule has 150 valence electrons. The van der Waals surface area contributed by atoms with Gasteiger partial charge < -0.3 is 0 Å². The molecule has 1 atom stereocenters. The zero-order valence-corrected chi connectivity index (χ0v) is 18.0. The van der Waals surface area contributed by atoms with Crippen LogP contribution in [0.25, 0.3) is 0 Å². The van der Waals surface area contributed by atoms with Crippen LogP contribution in [0.5, 0.6) is 0 Å². The molecule has 2 aliphatic carbocycles. The topological polar surface area (TPSA) is 12.4 Å². The van der Waals surface area contributed by atoms with Crippen molar-refractivity contribution in [3.8, 4) is 0 Å². The number of rotatable bonds is 6. The molecule has 0 aromatic heterocycles. The van der Waals surface area contributed by atoms with Gasteiger partial charge in [-0.15, -0.1) is 0 Å². The highest BCUT2D eigenvalue weighted by Gasteiger charge is 2.33. The molecule has 1 heterocycles. The van der Waals surface area contributed by atoms with Gasteiger partial charge in [0.1, 0.15) is 0 Å². The van der Waals surface area contributed by atoms with Crippen molar-refractivity contribution in [1.29, 1.82) is 0 Å². The standard InChI is InChI=1S/C27H37N/c1-3-25(26-10-8-18-28-26)24-14-13-23(21(2)19-24)12-11-22-9-7-17-27(20-22)15-5-4-6-16-27/h8-9,13-14,18-19,25H,3-7,10-12,15-17,20H2,1-2H3. The van der Waals surface area contributed by atoms with Crippen molar-refractivity contribution in [2.24, 2.45) is 10.4 Å². The van der Waals surface area contributed by atoms with Gasteiger partial charge in [-0.1, -0.05) is 62.1 Å². The van der Waals surface area contributed by atoms with E-state index in [1.807, 2.05) is 6.20 Å². The minimum absolute atomic E-state index is 0.481. The molecule has 1 fully saturated rings. The maximum absolute atomic E-state index is 4.60. The highest BCUT2D eigenvalue weighted by Crippen LogP contribution is 2.48. The third kappa shape index (κ3) is 4.34. The van der Waals surface area contributed by atoms with E-state index in [0.29, 0.717) is 11.3 Å². The lowest BCUT2D eigenvalue weighted by Gasteiger charge is -2.40. The van der Waals surface area contributed by atoms with Crippen LogP contribution in [0.2, 0.25) is 0 Å². The molecular formula is C27H37N. The molecule has 1 aromatic carbocycles. The molecule has 1 aliphatic heterocycles. The molecule has 28 heavy (non-hydrogen) atoms. The summed E-state index contributed by atoms with van der Waals surface area (Å²) in [4.78, 5) is 4.60. The van der Waals surface area contributed by atoms with Gasteiger partial charge in [0.05, 0.1) is 0 Å². The fraction of sp³-hybridized carbons (Fsp3) is 0.593. The van der Waals surface area contributed by atoms with Gasteiger partial charge in [0, 0.05) is 24.3 Å². The summed E-state index contributed by atoms with van der Waals surface area (Å²) < 4.78 is 0. The third-order valence-corrected chi connectivity index (χ3v) is 7.59. The van der Waals surface area contributed by atoms with E-state index in [2.05, 4.69) is 49.2 Å². The molecule has 1 saturated carbocycles. The van der Waals surface area contributed by atoms with Crippen molar-refractivity contribution < 1.29 is 0 Å².